The van der Waals surface area contributed by atoms with Crippen LogP contribution in [0.1, 0.15) is 86.9 Å². The molecule has 38 nitrogen and oxygen atoms in total. The standard InChI is InChI=1S/C27H29BrN3O9P.C24H27BrN5O9P.C24H31BrN3O9P/c1-37-26(34)21(14-18-8-4-2-5-9-18)30-41(36,40-20-10-6-3-7-11-20)38-17-23-22(32)15-24(39-23)31-16-19(12-13-28)25(33)29-27(31)35;1-36-23(33)18(9-16-11-26-14-27-16)29-40(35,39-17-5-3-2-4-6-17)37-13-20-19(31)10-21(38-20)30-12-15(7-8-25)22(32)28-24(30)34;1-15(2)11-18(23(31)34-3)27-38(33,37-17-7-5-4-6-8-17)35-14-20-19(29)12-21(36-20)28-13-16(9-10-25)22(30)26-24(28)32/h2-13,16,21-24,32H,14-15,17H2,1H3,(H,30,36)(H,29,33,35);2-8,12,14,18-21,31H,9-11,13H2,1H3,(H,29,35)(H,28,32,34);4-10,13,15,18-21,29H,11-12,14H2,1-3H3,(H,27,33)(H,26,30,32)/b13-12+;8-7+;10-9+/t21-,22?,23?,24?,41?;18-,19?,20?,21?,40?;18-,19?,20?,21?,38?/m000/s1. The van der Waals surface area contributed by atoms with Crippen molar-refractivity contribution in [2.24, 2.45) is 15.9 Å². The van der Waals surface area contributed by atoms with Crippen molar-refractivity contribution in [3.8, 4) is 17.2 Å². The maximum Gasteiger partial charge on any atom is 0.459 e. The van der Waals surface area contributed by atoms with Crippen LogP contribution in [0.3, 0.4) is 0 Å². The highest BCUT2D eigenvalue weighted by Gasteiger charge is 2.45. The van der Waals surface area contributed by atoms with Gasteiger partial charge < -0.3 is 57.3 Å². The molecule has 4 aliphatic rings. The Bertz CT molecular complexity index is 5270. The predicted octanol–water partition coefficient (Wildman–Crippen LogP) is 7.82. The van der Waals surface area contributed by atoms with Gasteiger partial charge in [0.1, 0.15) is 78.7 Å². The molecular weight excluding hydrogens is 1820 g/mol. The maximum atomic E-state index is 14.0. The first-order valence-electron chi connectivity index (χ1n) is 36.5. The third kappa shape index (κ3) is 27.5. The molecule has 3 aromatic heterocycles. The maximum absolute atomic E-state index is 14.0. The fourth-order valence-electron chi connectivity index (χ4n) is 12.0. The Morgan fingerprint density at radius 2 is 0.807 bits per heavy atom. The summed E-state index contributed by atoms with van der Waals surface area (Å²) < 4.78 is 111. The molecule has 3 fully saturated rings. The van der Waals surface area contributed by atoms with Crippen molar-refractivity contribution in [2.45, 2.75) is 126 Å². The molecular formula is C75H87Br3N11O27P3. The number of benzene rings is 4. The van der Waals surface area contributed by atoms with Crippen molar-refractivity contribution >= 4 is 119 Å². The lowest BCUT2D eigenvalue weighted by molar-refractivity contribution is -0.143. The summed E-state index contributed by atoms with van der Waals surface area (Å²) >= 11 is 9.27. The summed E-state index contributed by atoms with van der Waals surface area (Å²) in [6.45, 7) is 2.82. The number of carbonyl (C=O) groups excluding carboxylic acids is 3. The summed E-state index contributed by atoms with van der Waals surface area (Å²) in [7, 11) is -9.14. The number of para-hydroxylation sites is 3. The van der Waals surface area contributed by atoms with E-state index in [1.165, 1.54) is 79.4 Å². The number of nitrogens with one attached hydrogen (secondary N) is 6. The molecule has 640 valence electrons. The Kier molecular flexibility index (Phi) is 35.5. The second-order valence-electron chi connectivity index (χ2n) is 26.8. The minimum atomic E-state index is -4.29. The van der Waals surface area contributed by atoms with E-state index >= 15 is 0 Å². The number of hydrogen-bond donors (Lipinski definition) is 9. The molecule has 15 atom stereocenters. The van der Waals surface area contributed by atoms with E-state index in [9.17, 15) is 72.2 Å². The van der Waals surface area contributed by atoms with Gasteiger partial charge in [-0.25, -0.2) is 33.1 Å². The Morgan fingerprint density at radius 3 is 1.11 bits per heavy atom. The number of rotatable bonds is 36. The van der Waals surface area contributed by atoms with Crippen molar-refractivity contribution in [2.75, 3.05) is 47.7 Å². The van der Waals surface area contributed by atoms with Crippen molar-refractivity contribution in [1.29, 1.82) is 0 Å². The minimum absolute atomic E-state index is 0.00644. The molecule has 0 saturated carbocycles. The van der Waals surface area contributed by atoms with Crippen LogP contribution in [0.2, 0.25) is 0 Å². The van der Waals surface area contributed by atoms with Crippen molar-refractivity contribution < 1.29 is 99.0 Å². The van der Waals surface area contributed by atoms with Crippen LogP contribution in [0.15, 0.2) is 194 Å². The Balaban J connectivity index is 0.000000203. The van der Waals surface area contributed by atoms with Gasteiger partial charge in [-0.3, -0.25) is 76.0 Å². The number of carbonyl (C=O) groups is 3. The average Bonchev–Trinajstić information content (AvgIpc) is 1.69. The first kappa shape index (κ1) is 93.8. The zero-order valence-electron chi connectivity index (χ0n) is 64.2. The van der Waals surface area contributed by atoms with Crippen LogP contribution in [-0.4, -0.2) is 176 Å². The number of H-pyrrole nitrogens is 3. The van der Waals surface area contributed by atoms with E-state index < -0.39 is 168 Å². The van der Waals surface area contributed by atoms with Crippen LogP contribution in [-0.2, 0) is 76.5 Å². The van der Waals surface area contributed by atoms with Gasteiger partial charge in [0.25, 0.3) is 16.7 Å². The molecule has 4 aromatic carbocycles. The predicted molar refractivity (Wildman–Crippen MR) is 445 cm³/mol. The monoisotopic (exact) mass is 1900 g/mol. The third-order valence-corrected chi connectivity index (χ3v) is 23.3. The lowest BCUT2D eigenvalue weighted by atomic mass is 10.1. The molecule has 7 heterocycles. The number of esters is 3. The topological polar surface area (TPSA) is 499 Å². The van der Waals surface area contributed by atoms with Crippen molar-refractivity contribution in [1.82, 2.24) is 43.9 Å². The fourth-order valence-corrected chi connectivity index (χ4v) is 17.4. The molecule has 119 heavy (non-hydrogen) atoms. The highest BCUT2D eigenvalue weighted by atomic mass is 79.9. The van der Waals surface area contributed by atoms with Crippen molar-refractivity contribution in [3.05, 3.63) is 240 Å². The van der Waals surface area contributed by atoms with Gasteiger partial charge in [-0.05, 0) is 93.9 Å². The summed E-state index contributed by atoms with van der Waals surface area (Å²) in [6, 6.07) is 30.5. The van der Waals surface area contributed by atoms with Crippen LogP contribution < -0.4 is 62.6 Å². The molecule has 0 amide bonds. The molecule has 9 N–H and O–H groups in total. The van der Waals surface area contributed by atoms with Crippen LogP contribution >= 0.6 is 71.0 Å². The van der Waals surface area contributed by atoms with Gasteiger partial charge in [-0.1, -0.05) is 147 Å². The number of aromatic amines is 3. The first-order chi connectivity index (χ1) is 57.0. The van der Waals surface area contributed by atoms with Crippen LogP contribution in [0, 0.1) is 5.92 Å². The number of hydrogen-bond acceptors (Lipinski definition) is 29. The summed E-state index contributed by atoms with van der Waals surface area (Å²) in [5.74, 6) is -1.35. The Hall–Kier alpha value is -9.06. The van der Waals surface area contributed by atoms with Gasteiger partial charge in [0, 0.05) is 50.0 Å². The number of aliphatic imine (C=N–C) groups is 2. The van der Waals surface area contributed by atoms with Crippen molar-refractivity contribution in [3.63, 3.8) is 0 Å². The van der Waals surface area contributed by atoms with E-state index in [0.29, 0.717) is 12.1 Å². The summed E-state index contributed by atoms with van der Waals surface area (Å²) in [5.41, 5.74) is -1.99. The number of aliphatic hydroxyl groups excluding tert-OH is 3. The van der Waals surface area contributed by atoms with Gasteiger partial charge in [0.2, 0.25) is 0 Å². The van der Waals surface area contributed by atoms with Gasteiger partial charge in [0.15, 0.2) is 0 Å². The van der Waals surface area contributed by atoms with E-state index in [1.54, 1.807) is 91.0 Å². The molecule has 0 radical (unpaired) electrons. The molecule has 0 bridgehead atoms. The van der Waals surface area contributed by atoms with Crippen LogP contribution in [0.4, 0.5) is 0 Å². The SMILES string of the molecule is COC(=O)[C@H](CC(C)C)NP(=O)(OCC1OC(n2cc(/C=C/Br)c(=O)[nH]c2=O)CC1O)Oc1ccccc1.COC(=O)[C@H](CC1=NC=NC1)NP(=O)(OCC1OC(n2cc(/C=C/Br)c(=O)[nH]c2=O)CC1O)Oc1ccccc1.COC(=O)[C@H](Cc1ccccc1)NP(=O)(OCC1OC(n2cc(/C=C/Br)c(=O)[nH]c2=O)CC1O)Oc1ccccc1. The van der Waals surface area contributed by atoms with Gasteiger partial charge >= 0.3 is 58.2 Å². The van der Waals surface area contributed by atoms with Crippen LogP contribution in [0.25, 0.3) is 18.2 Å². The van der Waals surface area contributed by atoms with E-state index in [4.69, 9.17) is 55.6 Å². The number of halogens is 3. The second kappa shape index (κ2) is 45.0. The average molecular weight is 1910 g/mol. The zero-order valence-corrected chi connectivity index (χ0v) is 71.7. The molecule has 12 unspecified atom stereocenters. The zero-order chi connectivity index (χ0) is 86.0. The summed E-state index contributed by atoms with van der Waals surface area (Å²) in [6.07, 6.45) is 0.936. The molecule has 0 spiro atoms. The Labute approximate surface area is 704 Å². The molecule has 11 rings (SSSR count). The lowest BCUT2D eigenvalue weighted by Crippen LogP contribution is -2.40. The number of ether oxygens (including phenoxy) is 6. The lowest BCUT2D eigenvalue weighted by Gasteiger charge is -2.26. The second-order valence-corrected chi connectivity index (χ2v) is 33.5. The number of nitrogens with zero attached hydrogens (tertiary/aromatic N) is 5. The molecule has 44 heteroatoms. The van der Waals surface area contributed by atoms with E-state index in [1.807, 2.05) is 44.2 Å². The molecule has 0 aliphatic carbocycles. The van der Waals surface area contributed by atoms with Crippen LogP contribution in [0.5, 0.6) is 17.2 Å². The quantitative estimate of drug-likeness (QED) is 0.0103. The minimum Gasteiger partial charge on any atom is -0.468 e. The number of aromatic nitrogens is 6. The van der Waals surface area contributed by atoms with E-state index in [0.717, 1.165) is 19.3 Å². The summed E-state index contributed by atoms with van der Waals surface area (Å²) in [4.78, 5) is 130. The molecule has 4 aliphatic heterocycles. The first-order valence-corrected chi connectivity index (χ1v) is 43.8. The van der Waals surface area contributed by atoms with Gasteiger partial charge in [-0.15, -0.1) is 0 Å². The number of aliphatic hydroxyl groups is 3. The van der Waals surface area contributed by atoms with Gasteiger partial charge in [-0.2, -0.15) is 15.3 Å². The molecule has 3 saturated heterocycles. The summed E-state index contributed by atoms with van der Waals surface area (Å²) in [5, 5.41) is 40.0. The third-order valence-electron chi connectivity index (χ3n) is 17.8. The van der Waals surface area contributed by atoms with Gasteiger partial charge in [0.05, 0.1) is 82.7 Å². The largest absolute Gasteiger partial charge is 0.468 e. The smallest absolute Gasteiger partial charge is 0.459 e. The fraction of sp³-hybridized carbons (Fsp3) is 0.373. The molecule has 7 aromatic rings. The Morgan fingerprint density at radius 1 is 0.496 bits per heavy atom. The van der Waals surface area contributed by atoms with E-state index in [-0.39, 0.29) is 78.5 Å². The highest BCUT2D eigenvalue weighted by molar-refractivity contribution is 9.11. The van der Waals surface area contributed by atoms with E-state index in [2.05, 4.69) is 88.0 Å². The number of methoxy groups -OCH3 is 3. The normalized spacial score (nSPS) is 21.8. The highest BCUT2D eigenvalue weighted by Crippen LogP contribution is 2.49.